The summed E-state index contributed by atoms with van der Waals surface area (Å²) in [4.78, 5) is 44.2. The maximum atomic E-state index is 13.3. The lowest BCUT2D eigenvalue weighted by atomic mass is 9.77. The molecule has 0 amide bonds. The number of aromatic nitrogens is 1. The summed E-state index contributed by atoms with van der Waals surface area (Å²) in [6.45, 7) is 7.36. The molecule has 1 aliphatic rings. The average Bonchev–Trinajstić information content (AvgIpc) is 2.63. The molecule has 27 heavy (non-hydrogen) atoms. The van der Waals surface area contributed by atoms with Crippen LogP contribution in [0.1, 0.15) is 68.7 Å². The average molecular weight is 357 g/mol. The molecule has 0 spiro atoms. The number of ketones is 3. The Morgan fingerprint density at radius 1 is 0.926 bits per heavy atom. The van der Waals surface area contributed by atoms with Gasteiger partial charge in [0.1, 0.15) is 5.69 Å². The number of hydrogen-bond donors (Lipinski definition) is 0. The second kappa shape index (κ2) is 5.68. The van der Waals surface area contributed by atoms with Crippen LogP contribution in [0.25, 0.3) is 10.9 Å². The molecule has 0 atom stereocenters. The molecule has 0 aliphatic heterocycles. The van der Waals surface area contributed by atoms with Gasteiger partial charge in [-0.1, -0.05) is 56.7 Å². The summed E-state index contributed by atoms with van der Waals surface area (Å²) in [6, 6.07) is 12.2. The summed E-state index contributed by atoms with van der Waals surface area (Å²) in [5.41, 5.74) is 1.98. The van der Waals surface area contributed by atoms with E-state index in [1.54, 1.807) is 30.3 Å². The van der Waals surface area contributed by atoms with Crippen LogP contribution >= 0.6 is 0 Å². The molecule has 1 aliphatic carbocycles. The van der Waals surface area contributed by atoms with Crippen molar-refractivity contribution in [1.82, 2.24) is 4.98 Å². The predicted molar refractivity (Wildman–Crippen MR) is 104 cm³/mol. The fourth-order valence-corrected chi connectivity index (χ4v) is 3.51. The fourth-order valence-electron chi connectivity index (χ4n) is 3.51. The Balaban J connectivity index is 2.17. The molecule has 3 aromatic rings. The number of Topliss-reactive ketones (excluding diaryl/α,β-unsaturated/α-hetero) is 1. The Morgan fingerprint density at radius 2 is 1.56 bits per heavy atom. The summed E-state index contributed by atoms with van der Waals surface area (Å²) in [5.74, 6) is -0.799. The quantitative estimate of drug-likeness (QED) is 0.469. The van der Waals surface area contributed by atoms with Crippen molar-refractivity contribution in [2.75, 3.05) is 0 Å². The van der Waals surface area contributed by atoms with Gasteiger partial charge in [0.2, 0.25) is 5.78 Å². The molecule has 4 nitrogen and oxygen atoms in total. The van der Waals surface area contributed by atoms with Crippen LogP contribution in [-0.2, 0) is 0 Å². The molecular formula is C23H19NO3. The van der Waals surface area contributed by atoms with Crippen molar-refractivity contribution >= 4 is 28.3 Å². The van der Waals surface area contributed by atoms with Crippen LogP contribution in [0.3, 0.4) is 0 Å². The lowest BCUT2D eigenvalue weighted by molar-refractivity contribution is 0.0853. The van der Waals surface area contributed by atoms with Gasteiger partial charge in [0.25, 0.3) is 0 Å². The van der Waals surface area contributed by atoms with Crippen molar-refractivity contribution in [3.05, 3.63) is 76.0 Å². The van der Waals surface area contributed by atoms with E-state index in [0.717, 1.165) is 5.56 Å². The molecular weight excluding hydrogens is 338 g/mol. The van der Waals surface area contributed by atoms with Gasteiger partial charge in [-0.3, -0.25) is 14.4 Å². The lowest BCUT2D eigenvalue weighted by Gasteiger charge is -2.24. The first-order valence-electron chi connectivity index (χ1n) is 8.87. The smallest absolute Gasteiger partial charge is 0.212 e. The summed E-state index contributed by atoms with van der Waals surface area (Å²) in [6.07, 6.45) is 0. The maximum Gasteiger partial charge on any atom is 0.212 e. The monoisotopic (exact) mass is 357 g/mol. The molecule has 0 saturated heterocycles. The largest absolute Gasteiger partial charge is 0.294 e. The molecule has 0 fully saturated rings. The molecule has 0 saturated carbocycles. The van der Waals surface area contributed by atoms with E-state index in [4.69, 9.17) is 0 Å². The fraction of sp³-hybridized carbons (Fsp3) is 0.217. The van der Waals surface area contributed by atoms with Crippen LogP contribution in [-0.4, -0.2) is 22.3 Å². The summed E-state index contributed by atoms with van der Waals surface area (Å²) in [5, 5.41) is 0.620. The molecule has 0 bridgehead atoms. The Labute approximate surface area is 157 Å². The molecule has 0 N–H and O–H groups in total. The van der Waals surface area contributed by atoms with Gasteiger partial charge in [0.15, 0.2) is 11.6 Å². The second-order valence-electron chi connectivity index (χ2n) is 8.01. The minimum Gasteiger partial charge on any atom is -0.294 e. The van der Waals surface area contributed by atoms with Gasteiger partial charge >= 0.3 is 0 Å². The lowest BCUT2D eigenvalue weighted by Crippen LogP contribution is -2.29. The minimum atomic E-state index is -0.702. The third kappa shape index (κ3) is 2.52. The number of hydrogen-bond acceptors (Lipinski definition) is 4. The van der Waals surface area contributed by atoms with Crippen molar-refractivity contribution in [3.8, 4) is 0 Å². The zero-order chi connectivity index (χ0) is 19.5. The van der Waals surface area contributed by atoms with Crippen molar-refractivity contribution in [1.29, 1.82) is 0 Å². The van der Waals surface area contributed by atoms with E-state index in [1.165, 1.54) is 0 Å². The molecule has 1 aromatic heterocycles. The van der Waals surface area contributed by atoms with Crippen LogP contribution in [0.2, 0.25) is 0 Å². The van der Waals surface area contributed by atoms with Crippen molar-refractivity contribution in [2.45, 2.75) is 27.7 Å². The number of nitrogens with zero attached hydrogens (tertiary/aromatic N) is 1. The molecule has 1 heterocycles. The van der Waals surface area contributed by atoms with Crippen molar-refractivity contribution < 1.29 is 14.4 Å². The number of carbonyl (C=O) groups excluding carboxylic acids is 3. The van der Waals surface area contributed by atoms with Gasteiger partial charge in [-0.25, -0.2) is 4.98 Å². The maximum absolute atomic E-state index is 13.3. The number of rotatable bonds is 1. The molecule has 4 rings (SSSR count). The van der Waals surface area contributed by atoms with E-state index < -0.39 is 5.41 Å². The molecule has 0 radical (unpaired) electrons. The second-order valence-corrected chi connectivity index (χ2v) is 8.01. The third-order valence-electron chi connectivity index (χ3n) is 4.91. The highest BCUT2D eigenvalue weighted by molar-refractivity contribution is 6.32. The van der Waals surface area contributed by atoms with Crippen LogP contribution in [0, 0.1) is 12.3 Å². The zero-order valence-corrected chi connectivity index (χ0v) is 15.7. The third-order valence-corrected chi connectivity index (χ3v) is 4.91. The first kappa shape index (κ1) is 17.3. The van der Waals surface area contributed by atoms with Crippen LogP contribution in [0.5, 0.6) is 0 Å². The van der Waals surface area contributed by atoms with E-state index in [0.29, 0.717) is 27.6 Å². The number of carbonyl (C=O) groups is 3. The van der Waals surface area contributed by atoms with E-state index in [2.05, 4.69) is 4.98 Å². The summed E-state index contributed by atoms with van der Waals surface area (Å²) >= 11 is 0. The van der Waals surface area contributed by atoms with Crippen LogP contribution in [0.4, 0.5) is 0 Å². The summed E-state index contributed by atoms with van der Waals surface area (Å²) in [7, 11) is 0. The molecule has 4 heteroatoms. The van der Waals surface area contributed by atoms with Gasteiger partial charge in [-0.2, -0.15) is 0 Å². The van der Waals surface area contributed by atoms with E-state index in [-0.39, 0.29) is 28.6 Å². The van der Waals surface area contributed by atoms with Crippen molar-refractivity contribution in [2.24, 2.45) is 5.41 Å². The standard InChI is InChI=1S/C23H19NO3/c1-12-9-10-16-15(11-12)17(22(27)23(2,3)4)18-19(24-16)21(26)14-8-6-5-7-13(14)20(18)25/h5-11H,1-4H3. The van der Waals surface area contributed by atoms with Gasteiger partial charge < -0.3 is 0 Å². The number of pyridine rings is 1. The number of fused-ring (bicyclic) bond motifs is 3. The van der Waals surface area contributed by atoms with E-state index >= 15 is 0 Å². The Kier molecular flexibility index (Phi) is 3.63. The Morgan fingerprint density at radius 3 is 2.19 bits per heavy atom. The minimum absolute atomic E-state index is 0.0719. The van der Waals surface area contributed by atoms with E-state index in [9.17, 15) is 14.4 Å². The van der Waals surface area contributed by atoms with Crippen molar-refractivity contribution in [3.63, 3.8) is 0 Å². The first-order chi connectivity index (χ1) is 12.7. The molecule has 134 valence electrons. The van der Waals surface area contributed by atoms with Gasteiger partial charge in [-0.15, -0.1) is 0 Å². The Hall–Kier alpha value is -3.14. The topological polar surface area (TPSA) is 64.1 Å². The number of aryl methyl sites for hydroxylation is 1. The van der Waals surface area contributed by atoms with E-state index in [1.807, 2.05) is 39.8 Å². The normalized spacial score (nSPS) is 13.5. The molecule has 0 unspecified atom stereocenters. The van der Waals surface area contributed by atoms with Crippen LogP contribution in [0.15, 0.2) is 42.5 Å². The first-order valence-corrected chi connectivity index (χ1v) is 8.87. The van der Waals surface area contributed by atoms with Gasteiger partial charge in [-0.05, 0) is 19.1 Å². The van der Waals surface area contributed by atoms with Gasteiger partial charge in [0.05, 0.1) is 11.1 Å². The van der Waals surface area contributed by atoms with Crippen LogP contribution < -0.4 is 0 Å². The predicted octanol–water partition coefficient (Wildman–Crippen LogP) is 4.55. The highest BCUT2D eigenvalue weighted by atomic mass is 16.1. The number of benzene rings is 2. The summed E-state index contributed by atoms with van der Waals surface area (Å²) < 4.78 is 0. The zero-order valence-electron chi connectivity index (χ0n) is 15.7. The molecule has 2 aromatic carbocycles. The SMILES string of the molecule is Cc1ccc2nc3c(c(C(=O)C(C)(C)C)c2c1)C(=O)c1ccccc1C3=O. The highest BCUT2D eigenvalue weighted by Gasteiger charge is 2.38. The highest BCUT2D eigenvalue weighted by Crippen LogP contribution is 2.36. The Bertz CT molecular complexity index is 1170. The van der Waals surface area contributed by atoms with Gasteiger partial charge in [0, 0.05) is 27.5 Å².